The van der Waals surface area contributed by atoms with Gasteiger partial charge in [0.2, 0.25) is 0 Å². The maximum atomic E-state index is 5.81. The highest BCUT2D eigenvalue weighted by molar-refractivity contribution is 9.10. The molecule has 0 amide bonds. The lowest BCUT2D eigenvalue weighted by molar-refractivity contribution is 0.274. The van der Waals surface area contributed by atoms with Crippen LogP contribution in [0, 0.1) is 5.41 Å². The highest BCUT2D eigenvalue weighted by atomic mass is 79.9. The highest BCUT2D eigenvalue weighted by Crippen LogP contribution is 2.29. The lowest BCUT2D eigenvalue weighted by Gasteiger charge is -2.22. The van der Waals surface area contributed by atoms with E-state index in [0.29, 0.717) is 5.41 Å². The van der Waals surface area contributed by atoms with Crippen molar-refractivity contribution in [2.75, 3.05) is 19.6 Å². The van der Waals surface area contributed by atoms with E-state index in [0.717, 1.165) is 24.1 Å². The van der Waals surface area contributed by atoms with Crippen molar-refractivity contribution in [2.24, 2.45) is 11.1 Å². The summed E-state index contributed by atoms with van der Waals surface area (Å²) >= 11 is 3.46. The topological polar surface area (TPSA) is 29.3 Å². The van der Waals surface area contributed by atoms with Gasteiger partial charge in [-0.15, -0.1) is 0 Å². The molecule has 88 valence electrons. The van der Waals surface area contributed by atoms with Crippen molar-refractivity contribution in [3.05, 3.63) is 34.3 Å². The first kappa shape index (κ1) is 12.1. The monoisotopic (exact) mass is 282 g/mol. The lowest BCUT2D eigenvalue weighted by Crippen LogP contribution is -2.31. The summed E-state index contributed by atoms with van der Waals surface area (Å²) in [5.41, 5.74) is 7.52. The van der Waals surface area contributed by atoms with Gasteiger partial charge in [0.15, 0.2) is 0 Å². The van der Waals surface area contributed by atoms with Crippen LogP contribution in [0.2, 0.25) is 0 Å². The number of hydrogen-bond acceptors (Lipinski definition) is 2. The van der Waals surface area contributed by atoms with E-state index in [1.54, 1.807) is 0 Å². The van der Waals surface area contributed by atoms with Crippen molar-refractivity contribution in [3.8, 4) is 0 Å². The largest absolute Gasteiger partial charge is 0.330 e. The van der Waals surface area contributed by atoms with Crippen LogP contribution in [0.1, 0.15) is 18.9 Å². The van der Waals surface area contributed by atoms with E-state index >= 15 is 0 Å². The molecule has 1 aromatic rings. The van der Waals surface area contributed by atoms with E-state index in [2.05, 4.69) is 52.0 Å². The Morgan fingerprint density at radius 2 is 2.06 bits per heavy atom. The number of nitrogens with two attached hydrogens (primary N) is 1. The first-order valence-electron chi connectivity index (χ1n) is 5.78. The van der Waals surface area contributed by atoms with Gasteiger partial charge < -0.3 is 5.73 Å². The van der Waals surface area contributed by atoms with E-state index in [1.807, 2.05) is 0 Å². The Bertz CT molecular complexity index is 349. The molecule has 3 heteroatoms. The van der Waals surface area contributed by atoms with Crippen LogP contribution in [-0.4, -0.2) is 24.5 Å². The normalized spacial score (nSPS) is 26.2. The molecular weight excluding hydrogens is 264 g/mol. The van der Waals surface area contributed by atoms with Crippen LogP contribution in [-0.2, 0) is 6.54 Å². The fourth-order valence-electron chi connectivity index (χ4n) is 2.28. The zero-order valence-electron chi connectivity index (χ0n) is 9.75. The molecule has 1 aliphatic heterocycles. The van der Waals surface area contributed by atoms with Gasteiger partial charge in [0.25, 0.3) is 0 Å². The molecule has 1 aliphatic rings. The van der Waals surface area contributed by atoms with E-state index in [4.69, 9.17) is 5.73 Å². The fraction of sp³-hybridized carbons (Fsp3) is 0.538. The Labute approximate surface area is 106 Å². The molecule has 2 rings (SSSR count). The van der Waals surface area contributed by atoms with Gasteiger partial charge in [-0.3, -0.25) is 4.90 Å². The summed E-state index contributed by atoms with van der Waals surface area (Å²) in [6.07, 6.45) is 1.22. The molecule has 2 N–H and O–H groups in total. The third-order valence-corrected chi connectivity index (χ3v) is 3.98. The minimum atomic E-state index is 0.329. The molecule has 0 aromatic heterocycles. The molecule has 1 atom stereocenters. The zero-order chi connectivity index (χ0) is 11.6. The Kier molecular flexibility index (Phi) is 3.67. The molecule has 0 spiro atoms. The van der Waals surface area contributed by atoms with Crippen molar-refractivity contribution < 1.29 is 0 Å². The number of hydrogen-bond donors (Lipinski definition) is 1. The van der Waals surface area contributed by atoms with Crippen molar-refractivity contribution in [3.63, 3.8) is 0 Å². The molecule has 2 nitrogen and oxygen atoms in total. The van der Waals surface area contributed by atoms with Crippen molar-refractivity contribution in [1.82, 2.24) is 4.90 Å². The Balaban J connectivity index is 1.94. The molecule has 1 aromatic carbocycles. The molecule has 1 saturated heterocycles. The SMILES string of the molecule is CC1(CN)CCN(Cc2ccc(Br)cc2)C1. The van der Waals surface area contributed by atoms with E-state index in [1.165, 1.54) is 18.5 Å². The lowest BCUT2D eigenvalue weighted by atomic mass is 9.90. The summed E-state index contributed by atoms with van der Waals surface area (Å²) in [6, 6.07) is 8.57. The van der Waals surface area contributed by atoms with Crippen molar-refractivity contribution in [1.29, 1.82) is 0 Å². The summed E-state index contributed by atoms with van der Waals surface area (Å²) in [7, 11) is 0. The first-order valence-corrected chi connectivity index (χ1v) is 6.57. The van der Waals surface area contributed by atoms with Gasteiger partial charge in [0.1, 0.15) is 0 Å². The highest BCUT2D eigenvalue weighted by Gasteiger charge is 2.32. The molecule has 1 heterocycles. The quantitative estimate of drug-likeness (QED) is 0.924. The number of likely N-dealkylation sites (tertiary alicyclic amines) is 1. The average Bonchev–Trinajstić information content (AvgIpc) is 2.65. The molecule has 1 fully saturated rings. The number of rotatable bonds is 3. The molecule has 0 radical (unpaired) electrons. The fourth-order valence-corrected chi connectivity index (χ4v) is 2.54. The van der Waals surface area contributed by atoms with Crippen LogP contribution >= 0.6 is 15.9 Å². The van der Waals surface area contributed by atoms with Crippen LogP contribution in [0.5, 0.6) is 0 Å². The second-order valence-electron chi connectivity index (χ2n) is 5.10. The van der Waals surface area contributed by atoms with Gasteiger partial charge in [-0.05, 0) is 42.6 Å². The Hall–Kier alpha value is -0.380. The van der Waals surface area contributed by atoms with Gasteiger partial charge in [-0.2, -0.15) is 0 Å². The van der Waals surface area contributed by atoms with Gasteiger partial charge >= 0.3 is 0 Å². The van der Waals surface area contributed by atoms with Gasteiger partial charge in [-0.25, -0.2) is 0 Å². The van der Waals surface area contributed by atoms with Crippen LogP contribution in [0.4, 0.5) is 0 Å². The van der Waals surface area contributed by atoms with Gasteiger partial charge in [0.05, 0.1) is 0 Å². The summed E-state index contributed by atoms with van der Waals surface area (Å²) in [6.45, 7) is 6.42. The van der Waals surface area contributed by atoms with Crippen LogP contribution in [0.25, 0.3) is 0 Å². The minimum Gasteiger partial charge on any atom is -0.330 e. The van der Waals surface area contributed by atoms with Crippen molar-refractivity contribution in [2.45, 2.75) is 19.9 Å². The third-order valence-electron chi connectivity index (χ3n) is 3.45. The number of halogens is 1. The van der Waals surface area contributed by atoms with Crippen LogP contribution in [0.15, 0.2) is 28.7 Å². The van der Waals surface area contributed by atoms with Crippen molar-refractivity contribution >= 4 is 15.9 Å². The summed E-state index contributed by atoms with van der Waals surface area (Å²) < 4.78 is 1.14. The molecule has 0 bridgehead atoms. The second-order valence-corrected chi connectivity index (χ2v) is 6.02. The molecule has 1 unspecified atom stereocenters. The predicted octanol–water partition coefficient (Wildman–Crippen LogP) is 2.62. The zero-order valence-corrected chi connectivity index (χ0v) is 11.3. The van der Waals surface area contributed by atoms with Crippen LogP contribution < -0.4 is 5.73 Å². The van der Waals surface area contributed by atoms with E-state index in [-0.39, 0.29) is 0 Å². The van der Waals surface area contributed by atoms with Gasteiger partial charge in [0, 0.05) is 17.6 Å². The maximum Gasteiger partial charge on any atom is 0.0233 e. The maximum absolute atomic E-state index is 5.81. The molecular formula is C13H19BrN2. The Morgan fingerprint density at radius 3 is 2.62 bits per heavy atom. The van der Waals surface area contributed by atoms with Crippen LogP contribution in [0.3, 0.4) is 0 Å². The first-order chi connectivity index (χ1) is 7.61. The number of nitrogens with zero attached hydrogens (tertiary/aromatic N) is 1. The predicted molar refractivity (Wildman–Crippen MR) is 71.2 cm³/mol. The Morgan fingerprint density at radius 1 is 1.38 bits per heavy atom. The molecule has 0 aliphatic carbocycles. The standard InChI is InChI=1S/C13H19BrN2/c1-13(9-15)6-7-16(10-13)8-11-2-4-12(14)5-3-11/h2-5H,6-10,15H2,1H3. The number of benzene rings is 1. The van der Waals surface area contributed by atoms with Gasteiger partial charge in [-0.1, -0.05) is 35.0 Å². The molecule has 0 saturated carbocycles. The molecule has 16 heavy (non-hydrogen) atoms. The van der Waals surface area contributed by atoms with E-state index in [9.17, 15) is 0 Å². The minimum absolute atomic E-state index is 0.329. The summed E-state index contributed by atoms with van der Waals surface area (Å²) in [5, 5.41) is 0. The smallest absolute Gasteiger partial charge is 0.0233 e. The summed E-state index contributed by atoms with van der Waals surface area (Å²) in [5.74, 6) is 0. The third kappa shape index (κ3) is 2.84. The average molecular weight is 283 g/mol. The van der Waals surface area contributed by atoms with E-state index < -0.39 is 0 Å². The second kappa shape index (κ2) is 4.86. The summed E-state index contributed by atoms with van der Waals surface area (Å²) in [4.78, 5) is 2.50.